The SMILES string of the molecule is CC1(CC(=O)N/N=C/c2cccc(I)c2)OCCO1. The molecular weight excluding hydrogens is 359 g/mol. The zero-order valence-electron chi connectivity index (χ0n) is 10.6. The lowest BCUT2D eigenvalue weighted by atomic mass is 10.2. The van der Waals surface area contributed by atoms with Gasteiger partial charge in [-0.15, -0.1) is 0 Å². The minimum atomic E-state index is -0.818. The van der Waals surface area contributed by atoms with E-state index < -0.39 is 5.79 Å². The lowest BCUT2D eigenvalue weighted by molar-refractivity contribution is -0.159. The van der Waals surface area contributed by atoms with Gasteiger partial charge in [0.2, 0.25) is 5.91 Å². The van der Waals surface area contributed by atoms with E-state index in [9.17, 15) is 4.79 Å². The first-order chi connectivity index (χ1) is 9.07. The van der Waals surface area contributed by atoms with E-state index in [0.29, 0.717) is 13.2 Å². The molecule has 0 unspecified atom stereocenters. The number of carbonyl (C=O) groups excluding carboxylic acids is 1. The monoisotopic (exact) mass is 374 g/mol. The second-order valence-electron chi connectivity index (χ2n) is 4.36. The summed E-state index contributed by atoms with van der Waals surface area (Å²) in [5, 5.41) is 3.92. The number of nitrogens with one attached hydrogen (secondary N) is 1. The molecule has 1 aliphatic rings. The Morgan fingerprint density at radius 1 is 1.53 bits per heavy atom. The Bertz CT molecular complexity index is 485. The maximum absolute atomic E-state index is 11.7. The first-order valence-electron chi connectivity index (χ1n) is 5.93. The molecule has 1 aliphatic heterocycles. The Hall–Kier alpha value is -0.990. The molecule has 19 heavy (non-hydrogen) atoms. The van der Waals surface area contributed by atoms with Gasteiger partial charge in [0.25, 0.3) is 0 Å². The molecule has 1 amide bonds. The van der Waals surface area contributed by atoms with Crippen molar-refractivity contribution in [1.82, 2.24) is 5.43 Å². The Kier molecular flexibility index (Phi) is 4.89. The van der Waals surface area contributed by atoms with E-state index in [2.05, 4.69) is 33.1 Å². The van der Waals surface area contributed by atoms with Crippen molar-refractivity contribution in [3.8, 4) is 0 Å². The van der Waals surface area contributed by atoms with Crippen LogP contribution in [0.2, 0.25) is 0 Å². The maximum atomic E-state index is 11.7. The standard InChI is InChI=1S/C13H15IN2O3/c1-13(18-5-6-19-13)8-12(17)16-15-9-10-3-2-4-11(14)7-10/h2-4,7,9H,5-6,8H2,1H3,(H,16,17)/b15-9+. The van der Waals surface area contributed by atoms with Crippen molar-refractivity contribution in [2.75, 3.05) is 13.2 Å². The van der Waals surface area contributed by atoms with Crippen molar-refractivity contribution >= 4 is 34.7 Å². The smallest absolute Gasteiger partial charge is 0.245 e. The van der Waals surface area contributed by atoms with Crippen molar-refractivity contribution in [1.29, 1.82) is 0 Å². The normalized spacial score (nSPS) is 17.8. The predicted molar refractivity (Wildman–Crippen MR) is 79.8 cm³/mol. The number of hydrogen-bond donors (Lipinski definition) is 1. The highest BCUT2D eigenvalue weighted by atomic mass is 127. The van der Waals surface area contributed by atoms with E-state index in [0.717, 1.165) is 9.13 Å². The van der Waals surface area contributed by atoms with Crippen LogP contribution < -0.4 is 5.43 Å². The lowest BCUT2D eigenvalue weighted by Crippen LogP contribution is -2.33. The number of hydrazone groups is 1. The van der Waals surface area contributed by atoms with Crippen LogP contribution in [0.15, 0.2) is 29.4 Å². The minimum absolute atomic E-state index is 0.136. The molecule has 1 fully saturated rings. The first-order valence-corrected chi connectivity index (χ1v) is 7.01. The fourth-order valence-corrected chi connectivity index (χ4v) is 2.32. The molecule has 5 nitrogen and oxygen atoms in total. The van der Waals surface area contributed by atoms with Gasteiger partial charge in [0.1, 0.15) is 0 Å². The molecule has 1 heterocycles. The number of hydrogen-bond acceptors (Lipinski definition) is 4. The van der Waals surface area contributed by atoms with Crippen LogP contribution >= 0.6 is 22.6 Å². The fourth-order valence-electron chi connectivity index (χ4n) is 1.76. The predicted octanol–water partition coefficient (Wildman–Crippen LogP) is 1.89. The minimum Gasteiger partial charge on any atom is -0.347 e. The van der Waals surface area contributed by atoms with Crippen molar-refractivity contribution in [3.63, 3.8) is 0 Å². The molecule has 0 aliphatic carbocycles. The summed E-state index contributed by atoms with van der Waals surface area (Å²) in [4.78, 5) is 11.7. The highest BCUT2D eigenvalue weighted by Crippen LogP contribution is 2.22. The van der Waals surface area contributed by atoms with E-state index >= 15 is 0 Å². The average molecular weight is 374 g/mol. The van der Waals surface area contributed by atoms with Crippen molar-refractivity contribution in [3.05, 3.63) is 33.4 Å². The van der Waals surface area contributed by atoms with Gasteiger partial charge in [-0.05, 0) is 47.2 Å². The van der Waals surface area contributed by atoms with Crippen molar-refractivity contribution in [2.24, 2.45) is 5.10 Å². The summed E-state index contributed by atoms with van der Waals surface area (Å²) < 4.78 is 11.8. The largest absolute Gasteiger partial charge is 0.347 e. The molecule has 0 spiro atoms. The molecule has 1 N–H and O–H groups in total. The highest BCUT2D eigenvalue weighted by Gasteiger charge is 2.33. The van der Waals surface area contributed by atoms with Crippen molar-refractivity contribution in [2.45, 2.75) is 19.1 Å². The van der Waals surface area contributed by atoms with Gasteiger partial charge >= 0.3 is 0 Å². The molecule has 0 saturated carbocycles. The molecular formula is C13H15IN2O3. The first kappa shape index (κ1) is 14.4. The number of rotatable bonds is 4. The van der Waals surface area contributed by atoms with Crippen LogP contribution in [0.1, 0.15) is 18.9 Å². The van der Waals surface area contributed by atoms with Crippen LogP contribution in [0.5, 0.6) is 0 Å². The second-order valence-corrected chi connectivity index (χ2v) is 5.60. The van der Waals surface area contributed by atoms with Gasteiger partial charge in [-0.25, -0.2) is 5.43 Å². The fraction of sp³-hybridized carbons (Fsp3) is 0.385. The van der Waals surface area contributed by atoms with Gasteiger partial charge in [0.05, 0.1) is 25.8 Å². The number of nitrogens with zero attached hydrogens (tertiary/aromatic N) is 1. The topological polar surface area (TPSA) is 59.9 Å². The van der Waals surface area contributed by atoms with E-state index in [-0.39, 0.29) is 12.3 Å². The highest BCUT2D eigenvalue weighted by molar-refractivity contribution is 14.1. The van der Waals surface area contributed by atoms with E-state index in [1.54, 1.807) is 13.1 Å². The lowest BCUT2D eigenvalue weighted by Gasteiger charge is -2.20. The summed E-state index contributed by atoms with van der Waals surface area (Å²) in [7, 11) is 0. The number of ether oxygens (including phenoxy) is 2. The number of carbonyl (C=O) groups is 1. The summed E-state index contributed by atoms with van der Waals surface area (Å²) in [6.07, 6.45) is 1.75. The van der Waals surface area contributed by atoms with Gasteiger partial charge < -0.3 is 9.47 Å². The number of halogens is 1. The molecule has 0 aromatic heterocycles. The maximum Gasteiger partial charge on any atom is 0.245 e. The summed E-state index contributed by atoms with van der Waals surface area (Å²) in [6, 6.07) is 7.82. The average Bonchev–Trinajstić information content (AvgIpc) is 2.75. The molecule has 0 bridgehead atoms. The number of benzene rings is 1. The van der Waals surface area contributed by atoms with Crippen LogP contribution in [0, 0.1) is 3.57 Å². The zero-order chi connectivity index (χ0) is 13.7. The zero-order valence-corrected chi connectivity index (χ0v) is 12.7. The molecule has 6 heteroatoms. The quantitative estimate of drug-likeness (QED) is 0.498. The molecule has 102 valence electrons. The van der Waals surface area contributed by atoms with Gasteiger partial charge in [-0.2, -0.15) is 5.10 Å². The summed E-state index contributed by atoms with van der Waals surface area (Å²) in [5.74, 6) is -1.05. The Morgan fingerprint density at radius 2 is 2.26 bits per heavy atom. The second kappa shape index (κ2) is 6.44. The van der Waals surface area contributed by atoms with Gasteiger partial charge in [0.15, 0.2) is 5.79 Å². The molecule has 0 atom stereocenters. The molecule has 1 aromatic rings. The third kappa shape index (κ3) is 4.55. The van der Waals surface area contributed by atoms with Gasteiger partial charge in [-0.1, -0.05) is 12.1 Å². The van der Waals surface area contributed by atoms with E-state index in [4.69, 9.17) is 9.47 Å². The van der Waals surface area contributed by atoms with Gasteiger partial charge in [-0.3, -0.25) is 4.79 Å². The number of amides is 1. The third-order valence-corrected chi connectivity index (χ3v) is 3.30. The Balaban J connectivity index is 1.83. The van der Waals surface area contributed by atoms with Crippen LogP contribution in [0.4, 0.5) is 0 Å². The third-order valence-electron chi connectivity index (χ3n) is 2.63. The van der Waals surface area contributed by atoms with Crippen LogP contribution in [0.25, 0.3) is 0 Å². The molecule has 2 rings (SSSR count). The summed E-state index contributed by atoms with van der Waals surface area (Å²) >= 11 is 2.22. The van der Waals surface area contributed by atoms with Crippen LogP contribution in [-0.4, -0.2) is 31.1 Å². The Labute approximate surface area is 125 Å². The van der Waals surface area contributed by atoms with Crippen LogP contribution in [-0.2, 0) is 14.3 Å². The van der Waals surface area contributed by atoms with Crippen LogP contribution in [0.3, 0.4) is 0 Å². The van der Waals surface area contributed by atoms with Gasteiger partial charge in [0, 0.05) is 3.57 Å². The summed E-state index contributed by atoms with van der Waals surface area (Å²) in [6.45, 7) is 2.80. The summed E-state index contributed by atoms with van der Waals surface area (Å²) in [5.41, 5.74) is 3.41. The molecule has 1 saturated heterocycles. The van der Waals surface area contributed by atoms with E-state index in [1.807, 2.05) is 24.3 Å². The Morgan fingerprint density at radius 3 is 2.95 bits per heavy atom. The molecule has 0 radical (unpaired) electrons. The molecule has 1 aromatic carbocycles. The van der Waals surface area contributed by atoms with Crippen molar-refractivity contribution < 1.29 is 14.3 Å². The van der Waals surface area contributed by atoms with E-state index in [1.165, 1.54) is 0 Å².